The molecule has 0 bridgehead atoms. The van der Waals surface area contributed by atoms with Crippen molar-refractivity contribution in [3.63, 3.8) is 0 Å². The van der Waals surface area contributed by atoms with Crippen molar-refractivity contribution in [3.05, 3.63) is 52.9 Å². The maximum atomic E-state index is 8.79. The summed E-state index contributed by atoms with van der Waals surface area (Å²) >= 11 is 1.47. The summed E-state index contributed by atoms with van der Waals surface area (Å²) in [6.45, 7) is 0. The first kappa shape index (κ1) is 9.63. The number of nitriles is 1. The Hall–Kier alpha value is -1.92. The Morgan fingerprint density at radius 1 is 1.20 bits per heavy atom. The Kier molecular flexibility index (Phi) is 2.91. The normalized spacial score (nSPS) is 10.3. The van der Waals surface area contributed by atoms with Crippen LogP contribution in [0, 0.1) is 11.3 Å². The summed E-state index contributed by atoms with van der Waals surface area (Å²) in [6, 6.07) is 13.7. The third-order valence-corrected chi connectivity index (χ3v) is 2.72. The van der Waals surface area contributed by atoms with Crippen LogP contribution < -0.4 is 0 Å². The second-order valence-corrected chi connectivity index (χ2v) is 3.81. The van der Waals surface area contributed by atoms with Crippen LogP contribution in [0.15, 0.2) is 46.8 Å². The van der Waals surface area contributed by atoms with E-state index in [0.29, 0.717) is 5.56 Å². The highest BCUT2D eigenvalue weighted by Crippen LogP contribution is 2.25. The monoisotopic (exact) mass is 212 g/mol. The molecule has 0 saturated heterocycles. The SMILES string of the molecule is N#Cc1ccsc1N=Cc1ccccc1. The summed E-state index contributed by atoms with van der Waals surface area (Å²) in [5, 5.41) is 11.4. The first-order valence-electron chi connectivity index (χ1n) is 4.47. The van der Waals surface area contributed by atoms with E-state index in [1.807, 2.05) is 35.7 Å². The molecule has 3 heteroatoms. The number of thiophene rings is 1. The van der Waals surface area contributed by atoms with Gasteiger partial charge in [0.15, 0.2) is 0 Å². The zero-order valence-electron chi connectivity index (χ0n) is 7.92. The predicted octanol–water partition coefficient (Wildman–Crippen LogP) is 3.37. The van der Waals surface area contributed by atoms with Gasteiger partial charge in [0.1, 0.15) is 11.1 Å². The number of nitrogens with zero attached hydrogens (tertiary/aromatic N) is 2. The highest BCUT2D eigenvalue weighted by molar-refractivity contribution is 7.14. The van der Waals surface area contributed by atoms with E-state index in [9.17, 15) is 0 Å². The van der Waals surface area contributed by atoms with Crippen LogP contribution in [0.3, 0.4) is 0 Å². The summed E-state index contributed by atoms with van der Waals surface area (Å²) in [6.07, 6.45) is 1.77. The molecule has 0 atom stereocenters. The molecular formula is C12H8N2S. The summed E-state index contributed by atoms with van der Waals surface area (Å²) in [5.41, 5.74) is 1.67. The number of rotatable bonds is 2. The van der Waals surface area contributed by atoms with Crippen molar-refractivity contribution in [2.24, 2.45) is 4.99 Å². The Morgan fingerprint density at radius 3 is 2.73 bits per heavy atom. The smallest absolute Gasteiger partial charge is 0.133 e. The van der Waals surface area contributed by atoms with Crippen molar-refractivity contribution in [2.45, 2.75) is 0 Å². The van der Waals surface area contributed by atoms with Gasteiger partial charge in [-0.2, -0.15) is 5.26 Å². The molecule has 0 aliphatic heterocycles. The van der Waals surface area contributed by atoms with Crippen LogP contribution in [0.2, 0.25) is 0 Å². The summed E-state index contributed by atoms with van der Waals surface area (Å²) in [5.74, 6) is 0. The second kappa shape index (κ2) is 4.54. The summed E-state index contributed by atoms with van der Waals surface area (Å²) in [7, 11) is 0. The molecule has 0 amide bonds. The van der Waals surface area contributed by atoms with E-state index in [2.05, 4.69) is 11.1 Å². The van der Waals surface area contributed by atoms with E-state index in [4.69, 9.17) is 5.26 Å². The minimum atomic E-state index is 0.632. The van der Waals surface area contributed by atoms with Crippen molar-refractivity contribution >= 4 is 22.6 Å². The van der Waals surface area contributed by atoms with E-state index in [-0.39, 0.29) is 0 Å². The zero-order valence-corrected chi connectivity index (χ0v) is 8.74. The minimum Gasteiger partial charge on any atom is -0.244 e. The van der Waals surface area contributed by atoms with Gasteiger partial charge in [-0.05, 0) is 17.0 Å². The lowest BCUT2D eigenvalue weighted by Gasteiger charge is -1.90. The Labute approximate surface area is 92.1 Å². The maximum absolute atomic E-state index is 8.79. The third-order valence-electron chi connectivity index (χ3n) is 1.90. The van der Waals surface area contributed by atoms with Crippen molar-refractivity contribution in [1.29, 1.82) is 5.26 Å². The van der Waals surface area contributed by atoms with Crippen molar-refractivity contribution in [1.82, 2.24) is 0 Å². The van der Waals surface area contributed by atoms with E-state index in [1.54, 1.807) is 12.3 Å². The van der Waals surface area contributed by atoms with E-state index in [1.165, 1.54) is 11.3 Å². The van der Waals surface area contributed by atoms with E-state index < -0.39 is 0 Å². The molecule has 0 fully saturated rings. The van der Waals surface area contributed by atoms with Crippen LogP contribution in [-0.2, 0) is 0 Å². The van der Waals surface area contributed by atoms with Gasteiger partial charge in [-0.15, -0.1) is 11.3 Å². The van der Waals surface area contributed by atoms with Crippen LogP contribution in [0.4, 0.5) is 5.00 Å². The fraction of sp³-hybridized carbons (Fsp3) is 0. The van der Waals surface area contributed by atoms with Crippen molar-refractivity contribution in [2.75, 3.05) is 0 Å². The van der Waals surface area contributed by atoms with Gasteiger partial charge in [0, 0.05) is 6.21 Å². The van der Waals surface area contributed by atoms with Crippen molar-refractivity contribution < 1.29 is 0 Å². The van der Waals surface area contributed by atoms with Crippen LogP contribution in [0.25, 0.3) is 0 Å². The van der Waals surface area contributed by atoms with Crippen LogP contribution in [-0.4, -0.2) is 6.21 Å². The molecule has 1 aromatic heterocycles. The highest BCUT2D eigenvalue weighted by Gasteiger charge is 1.99. The van der Waals surface area contributed by atoms with Crippen LogP contribution >= 0.6 is 11.3 Å². The molecule has 72 valence electrons. The summed E-state index contributed by atoms with van der Waals surface area (Å²) in [4.78, 5) is 4.28. The summed E-state index contributed by atoms with van der Waals surface area (Å²) < 4.78 is 0. The van der Waals surface area contributed by atoms with E-state index in [0.717, 1.165) is 10.6 Å². The molecular weight excluding hydrogens is 204 g/mol. The molecule has 1 aromatic carbocycles. The van der Waals surface area contributed by atoms with Crippen LogP contribution in [0.1, 0.15) is 11.1 Å². The largest absolute Gasteiger partial charge is 0.244 e. The number of hydrogen-bond donors (Lipinski definition) is 0. The molecule has 0 N–H and O–H groups in total. The quantitative estimate of drug-likeness (QED) is 0.703. The van der Waals surface area contributed by atoms with Gasteiger partial charge in [-0.25, -0.2) is 4.99 Å². The average molecular weight is 212 g/mol. The molecule has 0 aliphatic carbocycles. The first-order valence-corrected chi connectivity index (χ1v) is 5.35. The maximum Gasteiger partial charge on any atom is 0.133 e. The second-order valence-electron chi connectivity index (χ2n) is 2.92. The van der Waals surface area contributed by atoms with Gasteiger partial charge < -0.3 is 0 Å². The van der Waals surface area contributed by atoms with E-state index >= 15 is 0 Å². The first-order chi connectivity index (χ1) is 7.40. The number of aliphatic imine (C=N–C) groups is 1. The number of benzene rings is 1. The topological polar surface area (TPSA) is 36.1 Å². The van der Waals surface area contributed by atoms with Gasteiger partial charge in [-0.3, -0.25) is 0 Å². The lowest BCUT2D eigenvalue weighted by Crippen LogP contribution is -1.77. The minimum absolute atomic E-state index is 0.632. The highest BCUT2D eigenvalue weighted by atomic mass is 32.1. The Bertz CT molecular complexity index is 506. The average Bonchev–Trinajstić information content (AvgIpc) is 2.75. The zero-order chi connectivity index (χ0) is 10.5. The van der Waals surface area contributed by atoms with Crippen molar-refractivity contribution in [3.8, 4) is 6.07 Å². The Morgan fingerprint density at radius 2 is 2.00 bits per heavy atom. The van der Waals surface area contributed by atoms with Gasteiger partial charge in [0.05, 0.1) is 5.56 Å². The molecule has 0 unspecified atom stereocenters. The van der Waals surface area contributed by atoms with Gasteiger partial charge in [-0.1, -0.05) is 30.3 Å². The molecule has 2 nitrogen and oxygen atoms in total. The van der Waals surface area contributed by atoms with Gasteiger partial charge >= 0.3 is 0 Å². The van der Waals surface area contributed by atoms with Crippen LogP contribution in [0.5, 0.6) is 0 Å². The fourth-order valence-corrected chi connectivity index (χ4v) is 1.85. The standard InChI is InChI=1S/C12H8N2S/c13-8-11-6-7-15-12(11)14-9-10-4-2-1-3-5-10/h1-7,9H. The van der Waals surface area contributed by atoms with Gasteiger partial charge in [0.25, 0.3) is 0 Å². The molecule has 0 spiro atoms. The predicted molar refractivity (Wildman–Crippen MR) is 62.7 cm³/mol. The Balaban J connectivity index is 2.23. The molecule has 0 radical (unpaired) electrons. The third kappa shape index (κ3) is 2.30. The lowest BCUT2D eigenvalue weighted by atomic mass is 10.2. The molecule has 0 saturated carbocycles. The van der Waals surface area contributed by atoms with Gasteiger partial charge in [0.2, 0.25) is 0 Å². The molecule has 2 rings (SSSR count). The fourth-order valence-electron chi connectivity index (χ4n) is 1.16. The molecule has 1 heterocycles. The number of hydrogen-bond acceptors (Lipinski definition) is 3. The molecule has 15 heavy (non-hydrogen) atoms. The molecule has 0 aliphatic rings. The molecule has 2 aromatic rings. The lowest BCUT2D eigenvalue weighted by molar-refractivity contribution is 1.49.